The zero-order valence-electron chi connectivity index (χ0n) is 11.9. The first-order valence-electron chi connectivity index (χ1n) is 6.66. The number of hydrogen-bond donors (Lipinski definition) is 0. The number of allylic oxidation sites excluding steroid dienone is 1. The molecule has 0 aliphatic heterocycles. The van der Waals surface area contributed by atoms with Gasteiger partial charge in [0.25, 0.3) is 5.70 Å². The largest absolute Gasteiger partial charge is 0.380 e. The van der Waals surface area contributed by atoms with Crippen molar-refractivity contribution in [3.63, 3.8) is 0 Å². The van der Waals surface area contributed by atoms with Crippen LogP contribution in [0.15, 0.2) is 60.3 Å². The van der Waals surface area contributed by atoms with Crippen LogP contribution in [-0.4, -0.2) is 12.0 Å². The van der Waals surface area contributed by atoms with Gasteiger partial charge in [-0.05, 0) is 22.8 Å². The molecule has 0 saturated carbocycles. The Balaban J connectivity index is 2.25. The number of nitrogens with zero attached hydrogens (tertiary/aromatic N) is 1. The Labute approximate surface area is 123 Å². The number of benzene rings is 2. The van der Waals surface area contributed by atoms with Crippen molar-refractivity contribution in [2.24, 2.45) is 0 Å². The molecule has 21 heavy (non-hydrogen) atoms. The fourth-order valence-corrected chi connectivity index (χ4v) is 2.11. The maximum atomic E-state index is 11.2. The third-order valence-electron chi connectivity index (χ3n) is 3.06. The van der Waals surface area contributed by atoms with Crippen LogP contribution in [0.25, 0.3) is 6.08 Å². The lowest BCUT2D eigenvalue weighted by Gasteiger charge is -2.03. The molecule has 0 saturated heterocycles. The minimum Gasteiger partial charge on any atom is -0.380 e. The van der Waals surface area contributed by atoms with Crippen molar-refractivity contribution < 1.29 is 9.66 Å². The van der Waals surface area contributed by atoms with Gasteiger partial charge in [0.2, 0.25) is 0 Å². The second-order valence-corrected chi connectivity index (χ2v) is 4.73. The summed E-state index contributed by atoms with van der Waals surface area (Å²) in [6.07, 6.45) is 1.93. The first-order valence-corrected chi connectivity index (χ1v) is 6.66. The van der Waals surface area contributed by atoms with E-state index in [9.17, 15) is 10.1 Å². The SMILES string of the molecule is COCc1cccc(C=C(Cc2ccccc2)[N+](=O)[O-])c1. The van der Waals surface area contributed by atoms with Gasteiger partial charge in [0, 0.05) is 13.2 Å². The Kier molecular flexibility index (Phi) is 5.23. The zero-order chi connectivity index (χ0) is 15.1. The zero-order valence-corrected chi connectivity index (χ0v) is 11.9. The third-order valence-corrected chi connectivity index (χ3v) is 3.06. The van der Waals surface area contributed by atoms with Crippen molar-refractivity contribution in [2.45, 2.75) is 13.0 Å². The average Bonchev–Trinajstić information content (AvgIpc) is 2.48. The van der Waals surface area contributed by atoms with Crippen LogP contribution in [0.4, 0.5) is 0 Å². The van der Waals surface area contributed by atoms with Crippen molar-refractivity contribution in [3.05, 3.63) is 87.1 Å². The van der Waals surface area contributed by atoms with E-state index in [1.54, 1.807) is 13.2 Å². The number of methoxy groups -OCH3 is 1. The van der Waals surface area contributed by atoms with Crippen LogP contribution in [0.1, 0.15) is 16.7 Å². The van der Waals surface area contributed by atoms with Gasteiger partial charge in [-0.15, -0.1) is 0 Å². The van der Waals surface area contributed by atoms with Gasteiger partial charge >= 0.3 is 0 Å². The summed E-state index contributed by atoms with van der Waals surface area (Å²) in [5, 5.41) is 11.2. The molecule has 0 aromatic heterocycles. The topological polar surface area (TPSA) is 52.4 Å². The predicted octanol–water partition coefficient (Wildman–Crippen LogP) is 3.69. The Hall–Kier alpha value is -2.46. The number of nitro groups is 1. The van der Waals surface area contributed by atoms with E-state index in [1.165, 1.54) is 0 Å². The van der Waals surface area contributed by atoms with Gasteiger partial charge in [-0.2, -0.15) is 0 Å². The van der Waals surface area contributed by atoms with Crippen molar-refractivity contribution >= 4 is 6.08 Å². The predicted molar refractivity (Wildman–Crippen MR) is 82.3 cm³/mol. The Morgan fingerprint density at radius 1 is 1.14 bits per heavy atom. The smallest absolute Gasteiger partial charge is 0.251 e. The van der Waals surface area contributed by atoms with Gasteiger partial charge < -0.3 is 4.74 Å². The van der Waals surface area contributed by atoms with Gasteiger partial charge in [0.1, 0.15) is 0 Å². The van der Waals surface area contributed by atoms with Crippen molar-refractivity contribution in [3.8, 4) is 0 Å². The van der Waals surface area contributed by atoms with Crippen LogP contribution < -0.4 is 0 Å². The Bertz CT molecular complexity index is 635. The summed E-state index contributed by atoms with van der Waals surface area (Å²) in [7, 11) is 1.63. The molecule has 0 aliphatic rings. The molecule has 0 radical (unpaired) electrons. The van der Waals surface area contributed by atoms with E-state index in [0.717, 1.165) is 16.7 Å². The first-order chi connectivity index (χ1) is 10.2. The lowest BCUT2D eigenvalue weighted by atomic mass is 10.1. The normalized spacial score (nSPS) is 11.4. The quantitative estimate of drug-likeness (QED) is 0.600. The highest BCUT2D eigenvalue weighted by molar-refractivity contribution is 5.52. The standard InChI is InChI=1S/C17H17NO3/c1-21-13-16-9-5-8-15(10-16)12-17(18(19)20)11-14-6-3-2-4-7-14/h2-10,12H,11,13H2,1H3. The van der Waals surface area contributed by atoms with E-state index in [1.807, 2.05) is 54.6 Å². The molecule has 0 fully saturated rings. The molecule has 4 heteroatoms. The average molecular weight is 283 g/mol. The lowest BCUT2D eigenvalue weighted by Crippen LogP contribution is -2.02. The monoisotopic (exact) mass is 283 g/mol. The second kappa shape index (κ2) is 7.36. The molecule has 0 unspecified atom stereocenters. The van der Waals surface area contributed by atoms with Gasteiger partial charge in [-0.1, -0.05) is 48.5 Å². The lowest BCUT2D eigenvalue weighted by molar-refractivity contribution is -0.425. The van der Waals surface area contributed by atoms with E-state index in [-0.39, 0.29) is 10.6 Å². The fourth-order valence-electron chi connectivity index (χ4n) is 2.11. The third kappa shape index (κ3) is 4.54. The number of rotatable bonds is 6. The molecular formula is C17H17NO3. The molecule has 0 amide bonds. The molecule has 0 aliphatic carbocycles. The van der Waals surface area contributed by atoms with Crippen LogP contribution in [0, 0.1) is 10.1 Å². The van der Waals surface area contributed by atoms with E-state index < -0.39 is 0 Å². The summed E-state index contributed by atoms with van der Waals surface area (Å²) in [6.45, 7) is 0.494. The van der Waals surface area contributed by atoms with Gasteiger partial charge in [-0.25, -0.2) is 0 Å². The minimum atomic E-state index is -0.323. The van der Waals surface area contributed by atoms with E-state index in [0.29, 0.717) is 13.0 Å². The maximum absolute atomic E-state index is 11.2. The van der Waals surface area contributed by atoms with E-state index in [2.05, 4.69) is 0 Å². The Morgan fingerprint density at radius 3 is 2.52 bits per heavy atom. The van der Waals surface area contributed by atoms with E-state index >= 15 is 0 Å². The molecule has 0 bridgehead atoms. The summed E-state index contributed by atoms with van der Waals surface area (Å²) in [4.78, 5) is 10.9. The highest BCUT2D eigenvalue weighted by Crippen LogP contribution is 2.15. The highest BCUT2D eigenvalue weighted by atomic mass is 16.6. The summed E-state index contributed by atoms with van der Waals surface area (Å²) >= 11 is 0. The van der Waals surface area contributed by atoms with Crippen LogP contribution >= 0.6 is 0 Å². The first kappa shape index (κ1) is 14.9. The maximum Gasteiger partial charge on any atom is 0.251 e. The molecule has 2 rings (SSSR count). The van der Waals surface area contributed by atoms with Gasteiger partial charge in [0.15, 0.2) is 0 Å². The van der Waals surface area contributed by atoms with Crippen LogP contribution in [0.3, 0.4) is 0 Å². The molecule has 0 N–H and O–H groups in total. The summed E-state index contributed by atoms with van der Waals surface area (Å²) in [5.41, 5.74) is 2.91. The molecular weight excluding hydrogens is 266 g/mol. The van der Waals surface area contributed by atoms with Crippen molar-refractivity contribution in [1.29, 1.82) is 0 Å². The Morgan fingerprint density at radius 2 is 1.86 bits per heavy atom. The molecule has 0 spiro atoms. The molecule has 108 valence electrons. The molecule has 0 heterocycles. The summed E-state index contributed by atoms with van der Waals surface area (Å²) < 4.78 is 5.08. The summed E-state index contributed by atoms with van der Waals surface area (Å²) in [6, 6.07) is 17.0. The molecule has 4 nitrogen and oxygen atoms in total. The van der Waals surface area contributed by atoms with Crippen molar-refractivity contribution in [2.75, 3.05) is 7.11 Å². The molecule has 2 aromatic rings. The minimum absolute atomic E-state index is 0.177. The van der Waals surface area contributed by atoms with Crippen LogP contribution in [0.2, 0.25) is 0 Å². The number of hydrogen-bond acceptors (Lipinski definition) is 3. The van der Waals surface area contributed by atoms with Gasteiger partial charge in [-0.3, -0.25) is 10.1 Å². The van der Waals surface area contributed by atoms with Crippen molar-refractivity contribution in [1.82, 2.24) is 0 Å². The van der Waals surface area contributed by atoms with E-state index in [4.69, 9.17) is 4.74 Å². The number of ether oxygens (including phenoxy) is 1. The highest BCUT2D eigenvalue weighted by Gasteiger charge is 2.11. The fraction of sp³-hybridized carbons (Fsp3) is 0.176. The van der Waals surface area contributed by atoms with Gasteiger partial charge in [0.05, 0.1) is 18.0 Å². The van der Waals surface area contributed by atoms with Crippen LogP contribution in [-0.2, 0) is 17.8 Å². The second-order valence-electron chi connectivity index (χ2n) is 4.73. The summed E-state index contributed by atoms with van der Waals surface area (Å²) in [5.74, 6) is 0. The molecule has 2 aromatic carbocycles. The molecule has 0 atom stereocenters. The van der Waals surface area contributed by atoms with Crippen LogP contribution in [0.5, 0.6) is 0 Å².